The quantitative estimate of drug-likeness (QED) is 0.801. The summed E-state index contributed by atoms with van der Waals surface area (Å²) in [6.07, 6.45) is -4.08. The van der Waals surface area contributed by atoms with Crippen molar-refractivity contribution in [3.05, 3.63) is 0 Å². The zero-order valence-electron chi connectivity index (χ0n) is 12.2. The number of nitrogens with zero attached hydrogens (tertiary/aromatic N) is 2. The highest BCUT2D eigenvalue weighted by atomic mass is 19.4. The lowest BCUT2D eigenvalue weighted by molar-refractivity contribution is -0.149. The lowest BCUT2D eigenvalue weighted by Gasteiger charge is -2.39. The van der Waals surface area contributed by atoms with Crippen LogP contribution in [0.1, 0.15) is 20.8 Å². The lowest BCUT2D eigenvalue weighted by Crippen LogP contribution is -2.52. The summed E-state index contributed by atoms with van der Waals surface area (Å²) in [5, 5.41) is 3.33. The molecule has 1 saturated heterocycles. The minimum Gasteiger partial charge on any atom is -0.316 e. The van der Waals surface area contributed by atoms with Crippen molar-refractivity contribution >= 4 is 0 Å². The Bertz CT molecular complexity index is 258. The van der Waals surface area contributed by atoms with Crippen LogP contribution < -0.4 is 5.32 Å². The Morgan fingerprint density at radius 3 is 1.84 bits per heavy atom. The molecule has 0 bridgehead atoms. The van der Waals surface area contributed by atoms with Crippen molar-refractivity contribution in [3.8, 4) is 0 Å². The van der Waals surface area contributed by atoms with Gasteiger partial charge in [-0.05, 0) is 12.0 Å². The number of alkyl halides is 3. The fourth-order valence-corrected chi connectivity index (χ4v) is 2.48. The van der Waals surface area contributed by atoms with E-state index in [0.29, 0.717) is 13.1 Å². The molecule has 1 heterocycles. The third-order valence-corrected chi connectivity index (χ3v) is 3.37. The molecule has 0 spiro atoms. The molecule has 0 unspecified atom stereocenters. The zero-order chi connectivity index (χ0) is 14.5. The molecule has 1 aliphatic rings. The number of halogens is 3. The first-order valence-electron chi connectivity index (χ1n) is 6.94. The fraction of sp³-hybridized carbons (Fsp3) is 1.00. The Morgan fingerprint density at radius 2 is 1.42 bits per heavy atom. The molecule has 1 N–H and O–H groups in total. The van der Waals surface area contributed by atoms with Crippen molar-refractivity contribution in [1.82, 2.24) is 15.1 Å². The van der Waals surface area contributed by atoms with Crippen molar-refractivity contribution in [2.24, 2.45) is 5.41 Å². The van der Waals surface area contributed by atoms with Gasteiger partial charge in [0.25, 0.3) is 0 Å². The normalized spacial score (nSPS) is 19.9. The number of piperazine rings is 1. The Labute approximate surface area is 114 Å². The highest BCUT2D eigenvalue weighted by molar-refractivity contribution is 4.80. The summed E-state index contributed by atoms with van der Waals surface area (Å²) >= 11 is 0. The summed E-state index contributed by atoms with van der Waals surface area (Å²) in [5.41, 5.74) is 0.155. The predicted molar refractivity (Wildman–Crippen MR) is 71.3 cm³/mol. The minimum absolute atomic E-state index is 0.155. The van der Waals surface area contributed by atoms with Crippen molar-refractivity contribution in [1.29, 1.82) is 0 Å². The maximum atomic E-state index is 12.3. The van der Waals surface area contributed by atoms with E-state index in [-0.39, 0.29) is 5.41 Å². The van der Waals surface area contributed by atoms with E-state index < -0.39 is 12.7 Å². The lowest BCUT2D eigenvalue weighted by atomic mass is 9.92. The van der Waals surface area contributed by atoms with E-state index in [1.54, 1.807) is 0 Å². The molecule has 0 aromatic carbocycles. The molecular formula is C13H26F3N3. The molecule has 0 aromatic heterocycles. The third-order valence-electron chi connectivity index (χ3n) is 3.37. The molecule has 19 heavy (non-hydrogen) atoms. The Balaban J connectivity index is 2.30. The molecule has 0 amide bonds. The van der Waals surface area contributed by atoms with Crippen molar-refractivity contribution < 1.29 is 13.2 Å². The van der Waals surface area contributed by atoms with Gasteiger partial charge in [-0.3, -0.25) is 4.90 Å². The van der Waals surface area contributed by atoms with E-state index in [2.05, 4.69) is 31.0 Å². The van der Waals surface area contributed by atoms with Crippen molar-refractivity contribution in [3.63, 3.8) is 0 Å². The molecule has 6 heteroatoms. The first-order valence-corrected chi connectivity index (χ1v) is 6.94. The van der Waals surface area contributed by atoms with Gasteiger partial charge in [-0.25, -0.2) is 0 Å². The van der Waals surface area contributed by atoms with E-state index in [1.165, 1.54) is 4.90 Å². The molecule has 0 aliphatic carbocycles. The van der Waals surface area contributed by atoms with E-state index in [0.717, 1.165) is 32.7 Å². The molecule has 1 aliphatic heterocycles. The number of rotatable bonds is 6. The average Bonchev–Trinajstić information content (AvgIpc) is 2.27. The first-order chi connectivity index (χ1) is 8.72. The van der Waals surface area contributed by atoms with Crippen molar-refractivity contribution in [2.45, 2.75) is 26.9 Å². The highest BCUT2D eigenvalue weighted by Crippen LogP contribution is 2.20. The summed E-state index contributed by atoms with van der Waals surface area (Å²) in [7, 11) is 0. The van der Waals surface area contributed by atoms with Crippen LogP contribution in [0.15, 0.2) is 0 Å². The largest absolute Gasteiger partial charge is 0.401 e. The van der Waals surface area contributed by atoms with Crippen LogP contribution in [-0.4, -0.2) is 68.3 Å². The minimum atomic E-state index is -4.08. The van der Waals surface area contributed by atoms with Gasteiger partial charge in [-0.15, -0.1) is 0 Å². The monoisotopic (exact) mass is 281 g/mol. The molecule has 1 fully saturated rings. The summed E-state index contributed by atoms with van der Waals surface area (Å²) < 4.78 is 36.9. The Kier molecular flexibility index (Phi) is 6.08. The Morgan fingerprint density at radius 1 is 0.947 bits per heavy atom. The number of hydrogen-bond acceptors (Lipinski definition) is 3. The summed E-state index contributed by atoms with van der Waals surface area (Å²) in [6, 6.07) is 0. The van der Waals surface area contributed by atoms with Crippen LogP contribution >= 0.6 is 0 Å². The van der Waals surface area contributed by atoms with E-state index >= 15 is 0 Å². The van der Waals surface area contributed by atoms with Crippen LogP contribution in [0, 0.1) is 5.41 Å². The highest BCUT2D eigenvalue weighted by Gasteiger charge is 2.32. The van der Waals surface area contributed by atoms with Gasteiger partial charge in [0.2, 0.25) is 0 Å². The van der Waals surface area contributed by atoms with Gasteiger partial charge in [-0.1, -0.05) is 20.8 Å². The number of hydrogen-bond donors (Lipinski definition) is 1. The molecule has 0 saturated carbocycles. The first kappa shape index (κ1) is 16.7. The maximum Gasteiger partial charge on any atom is 0.401 e. The van der Waals surface area contributed by atoms with E-state index in [9.17, 15) is 13.2 Å². The van der Waals surface area contributed by atoms with E-state index in [1.807, 2.05) is 0 Å². The van der Waals surface area contributed by atoms with Crippen LogP contribution in [0.5, 0.6) is 0 Å². The van der Waals surface area contributed by atoms with Crippen LogP contribution in [0.3, 0.4) is 0 Å². The molecular weight excluding hydrogens is 255 g/mol. The second-order valence-corrected chi connectivity index (χ2v) is 6.11. The van der Waals surface area contributed by atoms with Gasteiger partial charge in [0.05, 0.1) is 6.54 Å². The Hall–Kier alpha value is -0.330. The van der Waals surface area contributed by atoms with Crippen LogP contribution in [0.4, 0.5) is 13.2 Å². The molecule has 1 rings (SSSR count). The molecule has 0 atom stereocenters. The van der Waals surface area contributed by atoms with Gasteiger partial charge in [0.15, 0.2) is 0 Å². The maximum absolute atomic E-state index is 12.3. The fourth-order valence-electron chi connectivity index (χ4n) is 2.48. The summed E-state index contributed by atoms with van der Waals surface area (Å²) in [6.45, 7) is 11.0. The van der Waals surface area contributed by atoms with Gasteiger partial charge in [0, 0.05) is 39.3 Å². The van der Waals surface area contributed by atoms with Gasteiger partial charge < -0.3 is 10.2 Å². The second-order valence-electron chi connectivity index (χ2n) is 6.11. The predicted octanol–water partition coefficient (Wildman–Crippen LogP) is 1.80. The molecule has 0 aromatic rings. The van der Waals surface area contributed by atoms with Crippen molar-refractivity contribution in [2.75, 3.05) is 52.4 Å². The average molecular weight is 281 g/mol. The molecule has 3 nitrogen and oxygen atoms in total. The molecule has 114 valence electrons. The topological polar surface area (TPSA) is 18.5 Å². The van der Waals surface area contributed by atoms with Gasteiger partial charge in [-0.2, -0.15) is 13.2 Å². The van der Waals surface area contributed by atoms with Crippen LogP contribution in [0.25, 0.3) is 0 Å². The zero-order valence-corrected chi connectivity index (χ0v) is 12.2. The SMILES string of the molecule is CCNCC(C)(C)CN1CCN(CC(F)(F)F)CC1. The van der Waals surface area contributed by atoms with Crippen LogP contribution in [0.2, 0.25) is 0 Å². The second kappa shape index (κ2) is 6.90. The third kappa shape index (κ3) is 7.13. The van der Waals surface area contributed by atoms with Crippen LogP contribution in [-0.2, 0) is 0 Å². The van der Waals surface area contributed by atoms with E-state index in [4.69, 9.17) is 0 Å². The smallest absolute Gasteiger partial charge is 0.316 e. The standard InChI is InChI=1S/C13H26F3N3/c1-4-17-9-12(2,3)10-18-5-7-19(8-6-18)11-13(14,15)16/h17H,4-11H2,1-3H3. The summed E-state index contributed by atoms with van der Waals surface area (Å²) in [5.74, 6) is 0. The number of nitrogens with one attached hydrogen (secondary N) is 1. The van der Waals surface area contributed by atoms with Gasteiger partial charge in [0.1, 0.15) is 0 Å². The van der Waals surface area contributed by atoms with Gasteiger partial charge >= 0.3 is 6.18 Å². The summed E-state index contributed by atoms with van der Waals surface area (Å²) in [4.78, 5) is 3.76. The molecule has 0 radical (unpaired) electrons.